The highest BCUT2D eigenvalue weighted by atomic mass is 35.5. The molecule has 0 atom stereocenters. The predicted octanol–water partition coefficient (Wildman–Crippen LogP) is 0.828. The van der Waals surface area contributed by atoms with Crippen molar-refractivity contribution in [2.45, 2.75) is 5.03 Å². The second-order valence-electron chi connectivity index (χ2n) is 4.34. The molecule has 8 heteroatoms. The lowest BCUT2D eigenvalue weighted by molar-refractivity contribution is 0.412. The lowest BCUT2D eigenvalue weighted by Gasteiger charge is -2.10. The molecule has 2 heterocycles. The number of nitrogens with one attached hydrogen (secondary N) is 1. The molecule has 0 unspecified atom stereocenters. The Balaban J connectivity index is 2.35. The lowest BCUT2D eigenvalue weighted by Crippen LogP contribution is -2.32. The fourth-order valence-electron chi connectivity index (χ4n) is 1.66. The highest BCUT2D eigenvalue weighted by Crippen LogP contribution is 2.21. The normalized spacial score (nSPS) is 12.4. The van der Waals surface area contributed by atoms with Gasteiger partial charge in [0.2, 0.25) is 0 Å². The molecule has 0 aliphatic carbocycles. The molecule has 0 aliphatic heterocycles. The fraction of sp³-hybridized carbons (Fsp3) is 0.364. The number of hydrogen-bond acceptors (Lipinski definition) is 4. The van der Waals surface area contributed by atoms with Crippen LogP contribution in [0.3, 0.4) is 0 Å². The largest absolute Gasteiger partial charge is 0.308 e. The van der Waals surface area contributed by atoms with E-state index in [1.165, 1.54) is 4.40 Å². The molecular formula is C11H15ClN4O2S. The van der Waals surface area contributed by atoms with Gasteiger partial charge in [0, 0.05) is 19.3 Å². The Hall–Kier alpha value is -1.15. The molecule has 0 bridgehead atoms. The first kappa shape index (κ1) is 14.3. The molecule has 0 aromatic carbocycles. The van der Waals surface area contributed by atoms with Crippen molar-refractivity contribution in [1.29, 1.82) is 0 Å². The van der Waals surface area contributed by atoms with Crippen LogP contribution >= 0.6 is 11.6 Å². The topological polar surface area (TPSA) is 66.7 Å². The number of hydrogen-bond donors (Lipinski definition) is 1. The first-order chi connectivity index (χ1) is 8.92. The summed E-state index contributed by atoms with van der Waals surface area (Å²) in [6.07, 6.45) is 1.62. The van der Waals surface area contributed by atoms with Crippen molar-refractivity contribution >= 4 is 27.3 Å². The van der Waals surface area contributed by atoms with E-state index >= 15 is 0 Å². The van der Waals surface area contributed by atoms with Gasteiger partial charge in [-0.3, -0.25) is 4.40 Å². The molecule has 1 N–H and O–H groups in total. The van der Waals surface area contributed by atoms with Gasteiger partial charge < -0.3 is 4.90 Å². The molecule has 2 aromatic rings. The molecule has 0 amide bonds. The number of rotatable bonds is 5. The third-order valence-corrected chi connectivity index (χ3v) is 4.41. The van der Waals surface area contributed by atoms with E-state index in [9.17, 15) is 8.42 Å². The zero-order chi connectivity index (χ0) is 14.0. The van der Waals surface area contributed by atoms with E-state index in [1.807, 2.05) is 19.0 Å². The van der Waals surface area contributed by atoms with E-state index in [0.29, 0.717) is 18.7 Å². The van der Waals surface area contributed by atoms with E-state index < -0.39 is 10.0 Å². The van der Waals surface area contributed by atoms with Gasteiger partial charge in [0.15, 0.2) is 10.2 Å². The minimum Gasteiger partial charge on any atom is -0.308 e. The number of pyridine rings is 1. The van der Waals surface area contributed by atoms with Gasteiger partial charge in [-0.05, 0) is 26.2 Å². The molecule has 0 saturated carbocycles. The van der Waals surface area contributed by atoms with Gasteiger partial charge in [0.25, 0.3) is 10.0 Å². The first-order valence-electron chi connectivity index (χ1n) is 5.69. The molecular weight excluding hydrogens is 288 g/mol. The summed E-state index contributed by atoms with van der Waals surface area (Å²) in [7, 11) is 0.0630. The lowest BCUT2D eigenvalue weighted by atomic mass is 10.5. The van der Waals surface area contributed by atoms with Crippen LogP contribution in [-0.2, 0) is 10.0 Å². The smallest absolute Gasteiger partial charge is 0.259 e. The maximum atomic E-state index is 12.2. The van der Waals surface area contributed by atoms with Gasteiger partial charge in [-0.25, -0.2) is 18.1 Å². The number of aromatic nitrogens is 2. The third kappa shape index (κ3) is 3.06. The van der Waals surface area contributed by atoms with E-state index in [4.69, 9.17) is 11.6 Å². The van der Waals surface area contributed by atoms with Crippen LogP contribution < -0.4 is 4.72 Å². The molecule has 0 radical (unpaired) electrons. The summed E-state index contributed by atoms with van der Waals surface area (Å²) in [6.45, 7) is 0.916. The molecule has 0 spiro atoms. The van der Waals surface area contributed by atoms with Crippen molar-refractivity contribution < 1.29 is 8.42 Å². The molecule has 2 rings (SSSR count). The maximum absolute atomic E-state index is 12.2. The van der Waals surface area contributed by atoms with E-state index in [0.717, 1.165) is 0 Å². The summed E-state index contributed by atoms with van der Waals surface area (Å²) in [5, 5.41) is -0.0490. The summed E-state index contributed by atoms with van der Waals surface area (Å²) in [6, 6.07) is 5.20. The quantitative estimate of drug-likeness (QED) is 0.888. The van der Waals surface area contributed by atoms with Gasteiger partial charge >= 0.3 is 0 Å². The summed E-state index contributed by atoms with van der Waals surface area (Å²) in [4.78, 5) is 5.91. The highest BCUT2D eigenvalue weighted by molar-refractivity contribution is 7.89. The summed E-state index contributed by atoms with van der Waals surface area (Å²) >= 11 is 5.93. The SMILES string of the molecule is CN(C)CCNS(=O)(=O)c1c(Cl)nc2ccccn12. The Morgan fingerprint density at radius 2 is 2.16 bits per heavy atom. The summed E-state index contributed by atoms with van der Waals surface area (Å²) in [5.74, 6) is 0. The summed E-state index contributed by atoms with van der Waals surface area (Å²) in [5.41, 5.74) is 0.500. The van der Waals surface area contributed by atoms with Crippen molar-refractivity contribution in [3.8, 4) is 0 Å². The predicted molar refractivity (Wildman–Crippen MR) is 73.9 cm³/mol. The Bertz CT molecular complexity index is 681. The fourth-order valence-corrected chi connectivity index (χ4v) is 3.32. The Kier molecular flexibility index (Phi) is 4.10. The van der Waals surface area contributed by atoms with E-state index in [-0.39, 0.29) is 10.2 Å². The second-order valence-corrected chi connectivity index (χ2v) is 6.38. The van der Waals surface area contributed by atoms with Gasteiger partial charge in [-0.1, -0.05) is 17.7 Å². The number of halogens is 1. The van der Waals surface area contributed by atoms with Gasteiger partial charge in [-0.15, -0.1) is 0 Å². The average Bonchev–Trinajstić information content (AvgIpc) is 2.64. The van der Waals surface area contributed by atoms with Crippen LogP contribution in [0, 0.1) is 0 Å². The van der Waals surface area contributed by atoms with Crippen LogP contribution in [0.15, 0.2) is 29.4 Å². The monoisotopic (exact) mass is 302 g/mol. The molecule has 0 saturated heterocycles. The standard InChI is InChI=1S/C11H15ClN4O2S/c1-15(2)8-6-13-19(17,18)11-10(12)14-9-5-3-4-7-16(9)11/h3-5,7,13H,6,8H2,1-2H3. The van der Waals surface area contributed by atoms with Crippen molar-refractivity contribution in [2.75, 3.05) is 27.2 Å². The van der Waals surface area contributed by atoms with Gasteiger partial charge in [0.05, 0.1) is 0 Å². The highest BCUT2D eigenvalue weighted by Gasteiger charge is 2.23. The van der Waals surface area contributed by atoms with Crippen molar-refractivity contribution in [3.05, 3.63) is 29.5 Å². The average molecular weight is 303 g/mol. The Morgan fingerprint density at radius 3 is 2.84 bits per heavy atom. The minimum absolute atomic E-state index is 0.0245. The molecule has 6 nitrogen and oxygen atoms in total. The van der Waals surface area contributed by atoms with Crippen LogP contribution in [0.5, 0.6) is 0 Å². The maximum Gasteiger partial charge on any atom is 0.259 e. The number of nitrogens with zero attached hydrogens (tertiary/aromatic N) is 3. The molecule has 0 aliphatic rings. The van der Waals surface area contributed by atoms with Crippen LogP contribution in [-0.4, -0.2) is 49.9 Å². The summed E-state index contributed by atoms with van der Waals surface area (Å²) < 4.78 is 28.4. The van der Waals surface area contributed by atoms with Gasteiger partial charge in [-0.2, -0.15) is 0 Å². The molecule has 2 aromatic heterocycles. The third-order valence-electron chi connectivity index (χ3n) is 2.55. The molecule has 19 heavy (non-hydrogen) atoms. The van der Waals surface area contributed by atoms with E-state index in [2.05, 4.69) is 9.71 Å². The minimum atomic E-state index is -3.68. The van der Waals surface area contributed by atoms with Crippen LogP contribution in [0.4, 0.5) is 0 Å². The van der Waals surface area contributed by atoms with Gasteiger partial charge in [0.1, 0.15) is 5.65 Å². The Morgan fingerprint density at radius 1 is 1.42 bits per heavy atom. The Labute approximate surface area is 117 Å². The zero-order valence-electron chi connectivity index (χ0n) is 10.7. The van der Waals surface area contributed by atoms with Crippen molar-refractivity contribution in [3.63, 3.8) is 0 Å². The number of imidazole rings is 1. The van der Waals surface area contributed by atoms with Crippen LogP contribution in [0.25, 0.3) is 5.65 Å². The van der Waals surface area contributed by atoms with Crippen LogP contribution in [0.2, 0.25) is 5.15 Å². The zero-order valence-corrected chi connectivity index (χ0v) is 12.2. The van der Waals surface area contributed by atoms with Crippen LogP contribution in [0.1, 0.15) is 0 Å². The number of likely N-dealkylation sites (N-methyl/N-ethyl adjacent to an activating group) is 1. The second kappa shape index (κ2) is 5.46. The molecule has 0 fully saturated rings. The molecule has 104 valence electrons. The number of fused-ring (bicyclic) bond motifs is 1. The van der Waals surface area contributed by atoms with E-state index in [1.54, 1.807) is 24.4 Å². The van der Waals surface area contributed by atoms with Crippen molar-refractivity contribution in [1.82, 2.24) is 19.0 Å². The first-order valence-corrected chi connectivity index (χ1v) is 7.55. The van der Waals surface area contributed by atoms with Crippen molar-refractivity contribution in [2.24, 2.45) is 0 Å². The number of sulfonamides is 1.